The average molecular weight is 470 g/mol. The fourth-order valence-electron chi connectivity index (χ4n) is 4.93. The van der Waals surface area contributed by atoms with Crippen LogP contribution < -0.4 is 10.9 Å². The maximum absolute atomic E-state index is 12.8. The number of benzene rings is 1. The number of rotatable bonds is 4. The molecule has 8 nitrogen and oxygen atoms in total. The van der Waals surface area contributed by atoms with Crippen molar-refractivity contribution in [2.75, 3.05) is 11.9 Å². The fraction of sp³-hybridized carbons (Fsp3) is 0.391. The Morgan fingerprint density at radius 3 is 2.76 bits per heavy atom. The maximum atomic E-state index is 12.8. The summed E-state index contributed by atoms with van der Waals surface area (Å²) in [6.45, 7) is -1.46. The van der Waals surface area contributed by atoms with E-state index in [1.54, 1.807) is 22.9 Å². The number of carbonyl (C=O) groups is 1. The molecule has 2 aliphatic rings. The van der Waals surface area contributed by atoms with Crippen LogP contribution in [-0.2, 0) is 6.54 Å². The number of nitrogens with zero attached hydrogens (tertiary/aromatic N) is 4. The normalized spacial score (nSPS) is 20.4. The van der Waals surface area contributed by atoms with Gasteiger partial charge in [-0.15, -0.1) is 0 Å². The molecule has 0 bridgehead atoms. The molecule has 1 aliphatic carbocycles. The largest absolute Gasteiger partial charge is 0.406 e. The summed E-state index contributed by atoms with van der Waals surface area (Å²) in [7, 11) is 0. The van der Waals surface area contributed by atoms with E-state index in [9.17, 15) is 28.0 Å². The first-order valence-electron chi connectivity index (χ1n) is 11.0. The predicted octanol–water partition coefficient (Wildman–Crippen LogP) is 4.24. The van der Waals surface area contributed by atoms with Crippen LogP contribution in [0.1, 0.15) is 47.6 Å². The van der Waals surface area contributed by atoms with Crippen LogP contribution in [-0.4, -0.2) is 38.3 Å². The van der Waals surface area contributed by atoms with Crippen LogP contribution >= 0.6 is 0 Å². The van der Waals surface area contributed by atoms with Gasteiger partial charge in [0.2, 0.25) is 0 Å². The van der Waals surface area contributed by atoms with Gasteiger partial charge >= 0.3 is 6.18 Å². The van der Waals surface area contributed by atoms with Crippen molar-refractivity contribution in [2.45, 2.75) is 44.4 Å². The number of H-pyrrole nitrogens is 1. The highest BCUT2D eigenvalue weighted by atomic mass is 19.4. The van der Waals surface area contributed by atoms with E-state index in [-0.39, 0.29) is 35.4 Å². The highest BCUT2D eigenvalue weighted by Crippen LogP contribution is 2.37. The number of hydrogen-bond donors (Lipinski definition) is 2. The Morgan fingerprint density at radius 1 is 1.21 bits per heavy atom. The molecule has 0 spiro atoms. The summed E-state index contributed by atoms with van der Waals surface area (Å²) in [5, 5.41) is 17.7. The van der Waals surface area contributed by atoms with Crippen molar-refractivity contribution < 1.29 is 18.0 Å². The Kier molecular flexibility index (Phi) is 5.31. The van der Waals surface area contributed by atoms with Crippen molar-refractivity contribution >= 4 is 28.3 Å². The molecule has 5 rings (SSSR count). The van der Waals surface area contributed by atoms with E-state index in [1.165, 1.54) is 12.3 Å². The third kappa shape index (κ3) is 3.89. The van der Waals surface area contributed by atoms with Gasteiger partial charge in [0.1, 0.15) is 11.9 Å². The van der Waals surface area contributed by atoms with Crippen molar-refractivity contribution in [3.05, 3.63) is 51.9 Å². The number of anilines is 2. The number of alkyl halides is 3. The molecule has 1 aliphatic heterocycles. The molecule has 2 N–H and O–H groups in total. The van der Waals surface area contributed by atoms with Crippen LogP contribution in [0.5, 0.6) is 0 Å². The van der Waals surface area contributed by atoms with Crippen LogP contribution in [0.25, 0.3) is 10.9 Å². The lowest BCUT2D eigenvalue weighted by Crippen LogP contribution is -2.34. The van der Waals surface area contributed by atoms with Crippen molar-refractivity contribution in [1.29, 1.82) is 5.26 Å². The minimum Gasteiger partial charge on any atom is -0.338 e. The molecule has 1 fully saturated rings. The Bertz CT molecular complexity index is 1370. The summed E-state index contributed by atoms with van der Waals surface area (Å²) in [6, 6.07) is 8.60. The number of nitrogens with one attached hydrogen (secondary N) is 2. The zero-order valence-electron chi connectivity index (χ0n) is 18.0. The number of carbonyl (C=O) groups excluding carboxylic acids is 1. The summed E-state index contributed by atoms with van der Waals surface area (Å²) < 4.78 is 40.1. The van der Waals surface area contributed by atoms with Crippen LogP contribution in [0.4, 0.5) is 24.7 Å². The van der Waals surface area contributed by atoms with Crippen LogP contribution in [0.3, 0.4) is 0 Å². The molecular formula is C23H21F3N6O2. The molecular weight excluding hydrogens is 449 g/mol. The second kappa shape index (κ2) is 8.20. The van der Waals surface area contributed by atoms with Gasteiger partial charge in [0, 0.05) is 24.0 Å². The molecule has 2 aromatic heterocycles. The molecule has 1 aromatic carbocycles. The van der Waals surface area contributed by atoms with Gasteiger partial charge in [-0.3, -0.25) is 14.3 Å². The summed E-state index contributed by atoms with van der Waals surface area (Å²) in [6.07, 6.45) is 0.528. The summed E-state index contributed by atoms with van der Waals surface area (Å²) in [5.74, 6) is -0.588. The first-order valence-corrected chi connectivity index (χ1v) is 11.0. The van der Waals surface area contributed by atoms with Crippen molar-refractivity contribution in [3.8, 4) is 6.07 Å². The lowest BCUT2D eigenvalue weighted by molar-refractivity contribution is -0.140. The number of halogens is 3. The SMILES string of the molecule is N#CC1CCCCC1n1nc(Nc2ccc3c(c2)CN(CC(F)(F)F)C3=O)c2c(=O)[nH]ccc21. The lowest BCUT2D eigenvalue weighted by Gasteiger charge is -2.27. The highest BCUT2D eigenvalue weighted by molar-refractivity contribution is 5.99. The van der Waals surface area contributed by atoms with Gasteiger partial charge in [0.15, 0.2) is 5.82 Å². The number of nitriles is 1. The Morgan fingerprint density at radius 2 is 2.00 bits per heavy atom. The molecule has 1 saturated carbocycles. The van der Waals surface area contributed by atoms with Gasteiger partial charge in [-0.25, -0.2) is 0 Å². The number of aromatic nitrogens is 3. The zero-order chi connectivity index (χ0) is 24.0. The Balaban J connectivity index is 1.49. The monoisotopic (exact) mass is 470 g/mol. The first-order chi connectivity index (χ1) is 16.2. The molecule has 34 heavy (non-hydrogen) atoms. The zero-order valence-corrected chi connectivity index (χ0v) is 18.0. The lowest BCUT2D eigenvalue weighted by atomic mass is 9.85. The number of fused-ring (bicyclic) bond motifs is 2. The second-order valence-electron chi connectivity index (χ2n) is 8.72. The standard InChI is InChI=1S/C23H21F3N6O2/c24-23(25,26)12-31-11-14-9-15(5-6-16(14)22(31)34)29-20-19-18(7-8-28-21(19)33)32(30-20)17-4-2-1-3-13(17)10-27/h5-9,13,17H,1-4,11-12H2,(H,28,33)(H,29,30). The van der Waals surface area contributed by atoms with Crippen molar-refractivity contribution in [1.82, 2.24) is 19.7 Å². The molecule has 176 valence electrons. The van der Waals surface area contributed by atoms with E-state index < -0.39 is 18.6 Å². The first kappa shape index (κ1) is 22.0. The Hall–Kier alpha value is -3.81. The van der Waals surface area contributed by atoms with Gasteiger partial charge < -0.3 is 15.2 Å². The minimum absolute atomic E-state index is 0.148. The molecule has 0 saturated heterocycles. The minimum atomic E-state index is -4.48. The third-order valence-electron chi connectivity index (χ3n) is 6.46. The topological polar surface area (TPSA) is 107 Å². The van der Waals surface area contributed by atoms with Gasteiger partial charge in [-0.1, -0.05) is 12.8 Å². The molecule has 3 heterocycles. The van der Waals surface area contributed by atoms with Crippen molar-refractivity contribution in [2.24, 2.45) is 5.92 Å². The van der Waals surface area contributed by atoms with Gasteiger partial charge in [0.25, 0.3) is 11.5 Å². The third-order valence-corrected chi connectivity index (χ3v) is 6.46. The predicted molar refractivity (Wildman–Crippen MR) is 117 cm³/mol. The van der Waals surface area contributed by atoms with Crippen LogP contribution in [0.15, 0.2) is 35.3 Å². The fourth-order valence-corrected chi connectivity index (χ4v) is 4.93. The van der Waals surface area contributed by atoms with Gasteiger partial charge in [-0.2, -0.15) is 23.5 Å². The van der Waals surface area contributed by atoms with E-state index in [0.717, 1.165) is 30.6 Å². The van der Waals surface area contributed by atoms with E-state index in [2.05, 4.69) is 21.5 Å². The highest BCUT2D eigenvalue weighted by Gasteiger charge is 2.37. The smallest absolute Gasteiger partial charge is 0.338 e. The number of hydrogen-bond acceptors (Lipinski definition) is 5. The summed E-state index contributed by atoms with van der Waals surface area (Å²) in [4.78, 5) is 28.4. The average Bonchev–Trinajstić information content (AvgIpc) is 3.31. The number of amides is 1. The van der Waals surface area contributed by atoms with E-state index in [4.69, 9.17) is 0 Å². The summed E-state index contributed by atoms with van der Waals surface area (Å²) in [5.41, 5.74) is 1.45. The van der Waals surface area contributed by atoms with Crippen LogP contribution in [0.2, 0.25) is 0 Å². The summed E-state index contributed by atoms with van der Waals surface area (Å²) >= 11 is 0. The Labute approximate surface area is 192 Å². The van der Waals surface area contributed by atoms with Crippen molar-refractivity contribution in [3.63, 3.8) is 0 Å². The molecule has 3 aromatic rings. The van der Waals surface area contributed by atoms with Crippen LogP contribution in [0, 0.1) is 17.2 Å². The van der Waals surface area contributed by atoms with E-state index >= 15 is 0 Å². The number of aromatic amines is 1. The molecule has 0 radical (unpaired) electrons. The number of pyridine rings is 1. The maximum Gasteiger partial charge on any atom is 0.406 e. The molecule has 2 atom stereocenters. The quantitative estimate of drug-likeness (QED) is 0.593. The van der Waals surface area contributed by atoms with Gasteiger partial charge in [0.05, 0.1) is 23.5 Å². The second-order valence-corrected chi connectivity index (χ2v) is 8.72. The molecule has 1 amide bonds. The molecule has 11 heteroatoms. The van der Waals surface area contributed by atoms with Gasteiger partial charge in [-0.05, 0) is 42.7 Å². The van der Waals surface area contributed by atoms with E-state index in [0.29, 0.717) is 22.2 Å². The van der Waals surface area contributed by atoms with E-state index in [1.807, 2.05) is 0 Å². The molecule has 2 unspecified atom stereocenters.